The minimum Gasteiger partial charge on any atom is -0.481 e. The van der Waals surface area contributed by atoms with Gasteiger partial charge in [-0.1, -0.05) is 0 Å². The summed E-state index contributed by atoms with van der Waals surface area (Å²) in [6.45, 7) is 5.32. The van der Waals surface area contributed by atoms with Gasteiger partial charge in [0.2, 0.25) is 0 Å². The van der Waals surface area contributed by atoms with E-state index in [-0.39, 0.29) is 16.8 Å². The summed E-state index contributed by atoms with van der Waals surface area (Å²) in [5.41, 5.74) is 0.366. The van der Waals surface area contributed by atoms with Gasteiger partial charge in [-0.05, 0) is 51.5 Å². The van der Waals surface area contributed by atoms with E-state index in [0.29, 0.717) is 18.5 Å². The van der Waals surface area contributed by atoms with Gasteiger partial charge in [-0.2, -0.15) is 0 Å². The van der Waals surface area contributed by atoms with Crippen LogP contribution in [0.2, 0.25) is 0 Å². The fourth-order valence-electron chi connectivity index (χ4n) is 2.78. The van der Waals surface area contributed by atoms with E-state index in [1.54, 1.807) is 20.8 Å². The molecule has 7 heteroatoms. The second-order valence-corrected chi connectivity index (χ2v) is 8.59. The van der Waals surface area contributed by atoms with Crippen molar-refractivity contribution in [2.24, 2.45) is 5.92 Å². The molecule has 2 atom stereocenters. The predicted octanol–water partition coefficient (Wildman–Crippen LogP) is 1.80. The lowest BCUT2D eigenvalue weighted by atomic mass is 10.0. The molecule has 0 radical (unpaired) electrons. The lowest BCUT2D eigenvalue weighted by Crippen LogP contribution is -2.37. The molecule has 1 aliphatic rings. The van der Waals surface area contributed by atoms with E-state index < -0.39 is 27.0 Å². The summed E-state index contributed by atoms with van der Waals surface area (Å²) in [7, 11) is -3.37. The van der Waals surface area contributed by atoms with Crippen LogP contribution in [-0.4, -0.2) is 48.1 Å². The average molecular weight is 339 g/mol. The number of amides is 1. The van der Waals surface area contributed by atoms with Crippen molar-refractivity contribution in [1.82, 2.24) is 4.90 Å². The van der Waals surface area contributed by atoms with Gasteiger partial charge in [0.1, 0.15) is 0 Å². The fourth-order valence-corrected chi connectivity index (χ4v) is 3.84. The van der Waals surface area contributed by atoms with Crippen LogP contribution in [0.3, 0.4) is 0 Å². The highest BCUT2D eigenvalue weighted by Crippen LogP contribution is 2.26. The Kier molecular flexibility index (Phi) is 4.79. The number of carboxylic acids is 1. The molecule has 1 aromatic rings. The molecule has 1 saturated heterocycles. The first-order valence-electron chi connectivity index (χ1n) is 7.54. The van der Waals surface area contributed by atoms with Crippen LogP contribution in [0.5, 0.6) is 0 Å². The van der Waals surface area contributed by atoms with Gasteiger partial charge < -0.3 is 10.0 Å². The van der Waals surface area contributed by atoms with Gasteiger partial charge in [0, 0.05) is 18.2 Å². The molecule has 1 fully saturated rings. The summed E-state index contributed by atoms with van der Waals surface area (Å²) < 4.78 is 24.2. The molecule has 23 heavy (non-hydrogen) atoms. The molecule has 0 bridgehead atoms. The van der Waals surface area contributed by atoms with Crippen LogP contribution < -0.4 is 0 Å². The third kappa shape index (κ3) is 3.24. The Balaban J connectivity index is 2.21. The molecule has 1 aliphatic heterocycles. The van der Waals surface area contributed by atoms with Crippen molar-refractivity contribution in [2.75, 3.05) is 6.54 Å². The van der Waals surface area contributed by atoms with Gasteiger partial charge in [0.05, 0.1) is 16.1 Å². The molecule has 2 unspecified atom stereocenters. The number of sulfone groups is 1. The number of aliphatic carboxylic acids is 1. The first-order chi connectivity index (χ1) is 10.7. The monoisotopic (exact) mass is 339 g/mol. The van der Waals surface area contributed by atoms with Crippen molar-refractivity contribution >= 4 is 21.7 Å². The Labute approximate surface area is 136 Å². The number of carboxylic acid groups (broad SMARTS) is 1. The topological polar surface area (TPSA) is 91.8 Å². The summed E-state index contributed by atoms with van der Waals surface area (Å²) in [6, 6.07) is 5.45. The third-order valence-electron chi connectivity index (χ3n) is 4.38. The quantitative estimate of drug-likeness (QED) is 0.903. The average Bonchev–Trinajstić information content (AvgIpc) is 2.88. The van der Waals surface area contributed by atoms with Gasteiger partial charge in [0.15, 0.2) is 9.84 Å². The first-order valence-corrected chi connectivity index (χ1v) is 9.08. The van der Waals surface area contributed by atoms with E-state index in [9.17, 15) is 18.0 Å². The number of benzene rings is 1. The molecule has 126 valence electrons. The molecule has 1 heterocycles. The van der Waals surface area contributed by atoms with Gasteiger partial charge in [-0.3, -0.25) is 9.59 Å². The molecule has 6 nitrogen and oxygen atoms in total. The minimum absolute atomic E-state index is 0.182. The van der Waals surface area contributed by atoms with Gasteiger partial charge in [-0.25, -0.2) is 8.42 Å². The second kappa shape index (κ2) is 6.31. The van der Waals surface area contributed by atoms with Gasteiger partial charge in [-0.15, -0.1) is 0 Å². The minimum atomic E-state index is -3.37. The highest BCUT2D eigenvalue weighted by atomic mass is 32.2. The summed E-state index contributed by atoms with van der Waals surface area (Å²) in [6.07, 6.45) is 0.433. The summed E-state index contributed by atoms with van der Waals surface area (Å²) in [5.74, 6) is -1.72. The molecule has 1 N–H and O–H groups in total. The predicted molar refractivity (Wildman–Crippen MR) is 85.0 cm³/mol. The van der Waals surface area contributed by atoms with E-state index in [1.165, 1.54) is 29.2 Å². The second-order valence-electron chi connectivity index (χ2n) is 6.09. The highest BCUT2D eigenvalue weighted by molar-refractivity contribution is 7.92. The van der Waals surface area contributed by atoms with Crippen molar-refractivity contribution in [1.29, 1.82) is 0 Å². The largest absolute Gasteiger partial charge is 0.481 e. The van der Waals surface area contributed by atoms with Gasteiger partial charge >= 0.3 is 5.97 Å². The summed E-state index contributed by atoms with van der Waals surface area (Å²) in [4.78, 5) is 25.3. The van der Waals surface area contributed by atoms with E-state index in [0.717, 1.165) is 0 Å². The lowest BCUT2D eigenvalue weighted by Gasteiger charge is -2.23. The standard InChI is InChI=1S/C16H21NO5S/c1-10(2)23(21,22)13-6-4-12(5-7-13)15(18)17-9-8-14(11(17)3)16(19)20/h4-7,10-11,14H,8-9H2,1-3H3,(H,19,20). The molecule has 0 saturated carbocycles. The SMILES string of the molecule is CC1C(C(=O)O)CCN1C(=O)c1ccc(S(=O)(=O)C(C)C)cc1. The number of carbonyl (C=O) groups is 2. The molecule has 0 spiro atoms. The fraction of sp³-hybridized carbons (Fsp3) is 0.500. The Morgan fingerprint density at radius 2 is 1.78 bits per heavy atom. The van der Waals surface area contributed by atoms with Crippen molar-refractivity contribution in [2.45, 2.75) is 43.4 Å². The number of hydrogen-bond donors (Lipinski definition) is 1. The number of nitrogens with zero attached hydrogens (tertiary/aromatic N) is 1. The Bertz CT molecular complexity index is 708. The Morgan fingerprint density at radius 1 is 1.22 bits per heavy atom. The molecule has 0 aliphatic carbocycles. The maximum atomic E-state index is 12.5. The number of carbonyl (C=O) groups excluding carboxylic acids is 1. The maximum Gasteiger partial charge on any atom is 0.308 e. The van der Waals surface area contributed by atoms with Crippen LogP contribution in [0.25, 0.3) is 0 Å². The maximum absolute atomic E-state index is 12.5. The Morgan fingerprint density at radius 3 is 2.22 bits per heavy atom. The van der Waals surface area contributed by atoms with Crippen LogP contribution in [0.4, 0.5) is 0 Å². The molecule has 1 amide bonds. The van der Waals surface area contributed by atoms with Crippen molar-refractivity contribution in [3.05, 3.63) is 29.8 Å². The molecular weight excluding hydrogens is 318 g/mol. The van der Waals surface area contributed by atoms with Gasteiger partial charge in [0.25, 0.3) is 5.91 Å². The number of rotatable bonds is 4. The van der Waals surface area contributed by atoms with Crippen LogP contribution in [0, 0.1) is 5.92 Å². The number of hydrogen-bond acceptors (Lipinski definition) is 4. The Hall–Kier alpha value is -1.89. The lowest BCUT2D eigenvalue weighted by molar-refractivity contribution is -0.142. The first kappa shape index (κ1) is 17.5. The zero-order chi connectivity index (χ0) is 17.4. The molecule has 1 aromatic carbocycles. The van der Waals surface area contributed by atoms with Crippen LogP contribution in [-0.2, 0) is 14.6 Å². The smallest absolute Gasteiger partial charge is 0.308 e. The molecule has 2 rings (SSSR count). The normalized spacial score (nSPS) is 21.7. The van der Waals surface area contributed by atoms with Crippen molar-refractivity contribution in [3.8, 4) is 0 Å². The van der Waals surface area contributed by atoms with E-state index in [4.69, 9.17) is 5.11 Å². The highest BCUT2D eigenvalue weighted by Gasteiger charge is 2.38. The van der Waals surface area contributed by atoms with Crippen LogP contribution in [0.15, 0.2) is 29.2 Å². The van der Waals surface area contributed by atoms with E-state index in [2.05, 4.69) is 0 Å². The molecular formula is C16H21NO5S. The summed E-state index contributed by atoms with van der Waals surface area (Å²) in [5, 5.41) is 8.60. The van der Waals surface area contributed by atoms with Crippen molar-refractivity contribution in [3.63, 3.8) is 0 Å². The zero-order valence-electron chi connectivity index (χ0n) is 13.4. The van der Waals surface area contributed by atoms with E-state index in [1.807, 2.05) is 0 Å². The van der Waals surface area contributed by atoms with Crippen LogP contribution >= 0.6 is 0 Å². The van der Waals surface area contributed by atoms with E-state index >= 15 is 0 Å². The third-order valence-corrected chi connectivity index (χ3v) is 6.55. The summed E-state index contributed by atoms with van der Waals surface area (Å²) >= 11 is 0. The zero-order valence-corrected chi connectivity index (χ0v) is 14.2. The van der Waals surface area contributed by atoms with Crippen molar-refractivity contribution < 1.29 is 23.1 Å². The molecule has 0 aromatic heterocycles. The number of likely N-dealkylation sites (tertiary alicyclic amines) is 1. The van der Waals surface area contributed by atoms with Crippen LogP contribution in [0.1, 0.15) is 37.6 Å².